The molecule has 8 heteroatoms. The largest absolute Gasteiger partial charge is 0.337 e. The minimum atomic E-state index is -0.0841. The zero-order valence-electron chi connectivity index (χ0n) is 22.1. The number of urea groups is 1. The molecular formula is C32H30Cl2N5O+. The fourth-order valence-electron chi connectivity index (χ4n) is 5.77. The molecule has 40 heavy (non-hydrogen) atoms. The number of nitrogens with one attached hydrogen (secondary N) is 1. The van der Waals surface area contributed by atoms with Gasteiger partial charge in [-0.2, -0.15) is 0 Å². The summed E-state index contributed by atoms with van der Waals surface area (Å²) in [5.41, 5.74) is 4.30. The number of nitrogens with zero attached hydrogens (tertiary/aromatic N) is 4. The minimum Gasteiger partial charge on any atom is -0.337 e. The third kappa shape index (κ3) is 5.74. The van der Waals surface area contributed by atoms with Gasteiger partial charge < -0.3 is 14.8 Å². The molecule has 1 saturated heterocycles. The van der Waals surface area contributed by atoms with Crippen molar-refractivity contribution < 1.29 is 4.79 Å². The molecule has 3 aromatic carbocycles. The summed E-state index contributed by atoms with van der Waals surface area (Å²) in [6, 6.07) is 19.8. The molecule has 0 atom stereocenters. The Kier molecular flexibility index (Phi) is 7.80. The molecule has 0 radical (unpaired) electrons. The van der Waals surface area contributed by atoms with Crippen molar-refractivity contribution in [3.8, 4) is 0 Å². The Bertz CT molecular complexity index is 1650. The summed E-state index contributed by atoms with van der Waals surface area (Å²) < 4.78 is 2.11. The predicted octanol–water partition coefficient (Wildman–Crippen LogP) is 8.22. The van der Waals surface area contributed by atoms with Crippen molar-refractivity contribution in [2.24, 2.45) is 0 Å². The molecule has 202 valence electrons. The molecule has 2 aromatic heterocycles. The van der Waals surface area contributed by atoms with E-state index in [1.165, 1.54) is 21.9 Å². The van der Waals surface area contributed by atoms with Crippen LogP contribution in [0.15, 0.2) is 85.6 Å². The minimum absolute atomic E-state index is 0.0841. The number of amides is 2. The maximum Gasteiger partial charge on any atom is 0.321 e. The van der Waals surface area contributed by atoms with Crippen molar-refractivity contribution >= 4 is 56.6 Å². The number of hydrogen-bond donors (Lipinski definition) is 1. The molecule has 6 nitrogen and oxygen atoms in total. The van der Waals surface area contributed by atoms with Crippen LogP contribution in [0.2, 0.25) is 10.0 Å². The highest BCUT2D eigenvalue weighted by molar-refractivity contribution is 6.31. The number of benzene rings is 2. The van der Waals surface area contributed by atoms with Crippen LogP contribution < -0.4 is 5.32 Å². The number of rotatable bonds is 6. The maximum absolute atomic E-state index is 13.0. The summed E-state index contributed by atoms with van der Waals surface area (Å²) in [6.07, 6.45) is 11.2. The molecule has 0 saturated carbocycles. The monoisotopic (exact) mass is 570 g/mol. The number of likely N-dealkylation sites (tertiary alicyclic amines) is 1. The van der Waals surface area contributed by atoms with Gasteiger partial charge in [-0.25, -0.2) is 14.8 Å². The Balaban J connectivity index is 1.31. The lowest BCUT2D eigenvalue weighted by Gasteiger charge is -2.31. The summed E-state index contributed by atoms with van der Waals surface area (Å²) in [6.45, 7) is 2.25. The van der Waals surface area contributed by atoms with Gasteiger partial charge in [-0.15, -0.1) is 0 Å². The Morgan fingerprint density at radius 3 is 2.58 bits per heavy atom. The lowest BCUT2D eigenvalue weighted by atomic mass is 9.86. The fraction of sp³-hybridized carbons (Fsp3) is 0.250. The number of imidazole rings is 1. The van der Waals surface area contributed by atoms with E-state index in [0.717, 1.165) is 53.8 Å². The number of carbonyl (C=O) groups excluding carboxylic acids is 1. The molecule has 0 unspecified atom stereocenters. The molecule has 5 aromatic rings. The van der Waals surface area contributed by atoms with Gasteiger partial charge in [0.05, 0.1) is 22.7 Å². The Hall–Kier alpha value is -3.74. The average Bonchev–Trinajstić information content (AvgIpc) is 3.45. The summed E-state index contributed by atoms with van der Waals surface area (Å²) in [5.74, 6) is 0.270. The second-order valence-electron chi connectivity index (χ2n) is 10.3. The highest BCUT2D eigenvalue weighted by Crippen LogP contribution is 2.39. The number of aromatic nitrogens is 3. The summed E-state index contributed by atoms with van der Waals surface area (Å²) in [4.78, 5) is 24.0. The quantitative estimate of drug-likeness (QED) is 0.209. The van der Waals surface area contributed by atoms with Gasteiger partial charge in [-0.05, 0) is 67.3 Å². The summed E-state index contributed by atoms with van der Waals surface area (Å²) in [5, 5.41) is 7.85. The number of carbonyl (C=O) groups is 1. The molecule has 1 N–H and O–H groups in total. The van der Waals surface area contributed by atoms with Gasteiger partial charge in [0.15, 0.2) is 0 Å². The topological polar surface area (TPSA) is 63.1 Å². The van der Waals surface area contributed by atoms with E-state index in [2.05, 4.69) is 39.1 Å². The Morgan fingerprint density at radius 2 is 1.80 bits per heavy atom. The lowest BCUT2D eigenvalue weighted by Crippen LogP contribution is -2.40. The van der Waals surface area contributed by atoms with Crippen LogP contribution in [-0.2, 0) is 13.0 Å². The number of halogens is 2. The number of pyridine rings is 1. The zero-order valence-corrected chi connectivity index (χ0v) is 23.6. The van der Waals surface area contributed by atoms with E-state index in [4.69, 9.17) is 28.2 Å². The van der Waals surface area contributed by atoms with E-state index in [1.807, 2.05) is 54.1 Å². The smallest absolute Gasteiger partial charge is 0.321 e. The third-order valence-electron chi connectivity index (χ3n) is 7.75. The fourth-order valence-corrected chi connectivity index (χ4v) is 6.08. The standard InChI is InChI=1S/C32H29Cl2N5O/c33-25-5-8-27(9-6-25)37-32(40)39-16-11-22(12-17-39)30-28-10-7-26(34)20-24(28)19-23(29-4-1-13-36-31(29)30)3-2-15-38-18-14-35-21-38/h1,4-10,13-14,18-22H,2-3,11-12,15-17H2/p+1. The van der Waals surface area contributed by atoms with Crippen molar-refractivity contribution in [3.63, 3.8) is 0 Å². The summed E-state index contributed by atoms with van der Waals surface area (Å²) >= 11 is 12.5. The van der Waals surface area contributed by atoms with E-state index < -0.39 is 0 Å². The molecular weight excluding hydrogens is 541 g/mol. The molecule has 6 rings (SSSR count). The first-order valence-corrected chi connectivity index (χ1v) is 14.4. The van der Waals surface area contributed by atoms with Gasteiger partial charge in [0.1, 0.15) is 10.5 Å². The van der Waals surface area contributed by atoms with E-state index >= 15 is 0 Å². The van der Waals surface area contributed by atoms with Gasteiger partial charge in [0, 0.05) is 96.5 Å². The SMILES string of the molecule is O=C(Nc1ccc(Cl)cc1)N1CCC(c2c3ncccc3c(CCCn3ccnc3)c[c+]3cc(Cl)ccc23)CC1. The Morgan fingerprint density at radius 1 is 1.00 bits per heavy atom. The molecule has 3 heterocycles. The van der Waals surface area contributed by atoms with Crippen molar-refractivity contribution in [1.82, 2.24) is 19.4 Å². The van der Waals surface area contributed by atoms with Crippen LogP contribution in [0.1, 0.15) is 36.3 Å². The van der Waals surface area contributed by atoms with Crippen LogP contribution in [0.5, 0.6) is 0 Å². The molecule has 0 aliphatic carbocycles. The van der Waals surface area contributed by atoms with Crippen LogP contribution >= 0.6 is 23.2 Å². The van der Waals surface area contributed by atoms with Crippen LogP contribution in [0, 0.1) is 0 Å². The van der Waals surface area contributed by atoms with E-state index in [-0.39, 0.29) is 11.9 Å². The van der Waals surface area contributed by atoms with Crippen LogP contribution in [-0.4, -0.2) is 38.6 Å². The Labute approximate surface area is 243 Å². The van der Waals surface area contributed by atoms with Crippen molar-refractivity contribution in [1.29, 1.82) is 0 Å². The van der Waals surface area contributed by atoms with Gasteiger partial charge in [0.2, 0.25) is 0 Å². The third-order valence-corrected chi connectivity index (χ3v) is 8.24. The molecule has 0 spiro atoms. The van der Waals surface area contributed by atoms with Crippen LogP contribution in [0.4, 0.5) is 10.5 Å². The van der Waals surface area contributed by atoms with Crippen LogP contribution in [0.3, 0.4) is 0 Å². The van der Waals surface area contributed by atoms with Gasteiger partial charge >= 0.3 is 6.03 Å². The van der Waals surface area contributed by atoms with Gasteiger partial charge in [0.25, 0.3) is 0 Å². The highest BCUT2D eigenvalue weighted by Gasteiger charge is 2.29. The number of hydrogen-bond acceptors (Lipinski definition) is 3. The first-order valence-electron chi connectivity index (χ1n) is 13.7. The lowest BCUT2D eigenvalue weighted by molar-refractivity contribution is 0.195. The number of aryl methyl sites for hydroxylation is 2. The zero-order chi connectivity index (χ0) is 27.5. The molecule has 1 aliphatic heterocycles. The molecule has 1 fully saturated rings. The molecule has 0 bridgehead atoms. The number of piperidine rings is 1. The van der Waals surface area contributed by atoms with E-state index in [1.54, 1.807) is 12.1 Å². The normalized spacial score (nSPS) is 14.1. The van der Waals surface area contributed by atoms with Crippen molar-refractivity contribution in [2.45, 2.75) is 38.1 Å². The van der Waals surface area contributed by atoms with Crippen molar-refractivity contribution in [2.75, 3.05) is 18.4 Å². The summed E-state index contributed by atoms with van der Waals surface area (Å²) in [7, 11) is 0. The van der Waals surface area contributed by atoms with E-state index in [0.29, 0.717) is 18.1 Å². The number of fused-ring (bicyclic) bond motifs is 2. The first kappa shape index (κ1) is 26.5. The first-order chi connectivity index (χ1) is 19.5. The van der Waals surface area contributed by atoms with Gasteiger partial charge in [-0.3, -0.25) is 0 Å². The maximum atomic E-state index is 13.0. The second kappa shape index (κ2) is 11.8. The molecule has 1 aliphatic rings. The molecule has 2 amide bonds. The van der Waals surface area contributed by atoms with Gasteiger partial charge in [-0.1, -0.05) is 11.6 Å². The number of anilines is 1. The van der Waals surface area contributed by atoms with Crippen LogP contribution in [0.25, 0.3) is 21.7 Å². The highest BCUT2D eigenvalue weighted by atomic mass is 35.5. The average molecular weight is 572 g/mol. The second-order valence-corrected chi connectivity index (χ2v) is 11.2. The van der Waals surface area contributed by atoms with Crippen molar-refractivity contribution in [3.05, 3.63) is 107 Å². The van der Waals surface area contributed by atoms with E-state index in [9.17, 15) is 4.79 Å². The predicted molar refractivity (Wildman–Crippen MR) is 163 cm³/mol.